The zero-order valence-corrected chi connectivity index (χ0v) is 23.4. The van der Waals surface area contributed by atoms with Crippen LogP contribution in [-0.4, -0.2) is 46.6 Å². The second kappa shape index (κ2) is 11.8. The van der Waals surface area contributed by atoms with Gasteiger partial charge in [0.15, 0.2) is 0 Å². The predicted octanol–water partition coefficient (Wildman–Crippen LogP) is 4.41. The molecule has 1 aromatic carbocycles. The normalized spacial score (nSPS) is 12.6. The third-order valence-electron chi connectivity index (χ3n) is 6.32. The monoisotopic (exact) mass is 565 g/mol. The third kappa shape index (κ3) is 6.04. The van der Waals surface area contributed by atoms with E-state index in [2.05, 4.69) is 41.9 Å². The molecular formula is C27H28ClN7O3S. The fourth-order valence-corrected chi connectivity index (χ4v) is 5.42. The number of ether oxygens (including phenoxy) is 2. The number of carbonyl (C=O) groups is 1. The lowest BCUT2D eigenvalue weighted by molar-refractivity contribution is 0.0947. The van der Waals surface area contributed by atoms with Crippen molar-refractivity contribution >= 4 is 40.6 Å². The Morgan fingerprint density at radius 3 is 2.74 bits per heavy atom. The van der Waals surface area contributed by atoms with E-state index in [0.29, 0.717) is 41.3 Å². The highest BCUT2D eigenvalue weighted by atomic mass is 35.5. The Balaban J connectivity index is 1.45. The molecule has 0 saturated carbocycles. The van der Waals surface area contributed by atoms with Crippen LogP contribution in [-0.2, 0) is 26.1 Å². The number of hydrogen-bond donors (Lipinski definition) is 2. The average Bonchev–Trinajstić information content (AvgIpc) is 3.43. The standard InChI is InChI=1S/C27H28ClN7O3S/c1-16-11-30-19(13-29-16)14-32-25(36)23-24(31-12-17-4-5-21(37-2)20(28)10-17)33-27(34-26(23)38-3)35-8-6-22-18(15-35)7-9-39-22/h4-5,7,9-11,13H,6,8,12,14-15H2,1-3H3,(H,32,36)(H,31,33,34). The number of rotatable bonds is 9. The van der Waals surface area contributed by atoms with E-state index >= 15 is 0 Å². The van der Waals surface area contributed by atoms with Crippen LogP contribution in [0.15, 0.2) is 42.0 Å². The van der Waals surface area contributed by atoms with Gasteiger partial charge in [0.1, 0.15) is 17.1 Å². The van der Waals surface area contributed by atoms with E-state index in [1.807, 2.05) is 19.1 Å². The highest BCUT2D eigenvalue weighted by molar-refractivity contribution is 7.10. The smallest absolute Gasteiger partial charge is 0.260 e. The van der Waals surface area contributed by atoms with Crippen molar-refractivity contribution in [2.45, 2.75) is 33.0 Å². The number of thiophene rings is 1. The Bertz CT molecular complexity index is 1480. The molecule has 0 bridgehead atoms. The Kier molecular flexibility index (Phi) is 8.08. The van der Waals surface area contributed by atoms with Crippen LogP contribution in [0.25, 0.3) is 0 Å². The minimum absolute atomic E-state index is 0.180. The summed E-state index contributed by atoms with van der Waals surface area (Å²) in [6.07, 6.45) is 4.20. The van der Waals surface area contributed by atoms with Gasteiger partial charge in [-0.15, -0.1) is 11.3 Å². The average molecular weight is 566 g/mol. The number of nitrogens with one attached hydrogen (secondary N) is 2. The lowest BCUT2D eigenvalue weighted by Crippen LogP contribution is -2.32. The minimum Gasteiger partial charge on any atom is -0.495 e. The molecule has 39 heavy (non-hydrogen) atoms. The van der Waals surface area contributed by atoms with Crippen molar-refractivity contribution in [1.29, 1.82) is 0 Å². The Labute approximate surface area is 235 Å². The number of anilines is 2. The van der Waals surface area contributed by atoms with Gasteiger partial charge in [-0.05, 0) is 48.1 Å². The van der Waals surface area contributed by atoms with E-state index in [9.17, 15) is 4.79 Å². The first-order valence-corrected chi connectivity index (χ1v) is 13.6. The molecule has 0 radical (unpaired) electrons. The molecule has 1 amide bonds. The van der Waals surface area contributed by atoms with Gasteiger partial charge in [-0.1, -0.05) is 17.7 Å². The number of aromatic nitrogens is 4. The molecule has 202 valence electrons. The van der Waals surface area contributed by atoms with Gasteiger partial charge in [-0.25, -0.2) is 0 Å². The van der Waals surface area contributed by atoms with Crippen molar-refractivity contribution in [3.63, 3.8) is 0 Å². The second-order valence-electron chi connectivity index (χ2n) is 8.95. The molecular weight excluding hydrogens is 538 g/mol. The quantitative estimate of drug-likeness (QED) is 0.304. The molecule has 0 saturated heterocycles. The molecule has 0 aliphatic carbocycles. The molecule has 0 atom stereocenters. The molecule has 3 aromatic heterocycles. The molecule has 1 aliphatic rings. The van der Waals surface area contributed by atoms with Crippen LogP contribution in [0.3, 0.4) is 0 Å². The summed E-state index contributed by atoms with van der Waals surface area (Å²) in [5.41, 5.74) is 3.79. The van der Waals surface area contributed by atoms with Crippen LogP contribution in [0.4, 0.5) is 11.8 Å². The number of amides is 1. The molecule has 0 spiro atoms. The van der Waals surface area contributed by atoms with Gasteiger partial charge in [0.2, 0.25) is 11.8 Å². The first-order valence-electron chi connectivity index (χ1n) is 12.3. The Hall–Kier alpha value is -3.96. The van der Waals surface area contributed by atoms with Gasteiger partial charge in [-0.2, -0.15) is 9.97 Å². The van der Waals surface area contributed by atoms with Crippen LogP contribution in [0.1, 0.15) is 37.7 Å². The lowest BCUT2D eigenvalue weighted by atomic mass is 10.1. The summed E-state index contributed by atoms with van der Waals surface area (Å²) in [5.74, 6) is 1.21. The van der Waals surface area contributed by atoms with Crippen molar-refractivity contribution in [2.24, 2.45) is 0 Å². The van der Waals surface area contributed by atoms with Gasteiger partial charge in [0.05, 0.1) is 43.4 Å². The number of aryl methyl sites for hydroxylation is 1. The number of hydrogen-bond acceptors (Lipinski definition) is 10. The van der Waals surface area contributed by atoms with Crippen LogP contribution in [0, 0.1) is 6.92 Å². The maximum absolute atomic E-state index is 13.4. The largest absolute Gasteiger partial charge is 0.495 e. The maximum atomic E-state index is 13.4. The van der Waals surface area contributed by atoms with Crippen molar-refractivity contribution in [1.82, 2.24) is 25.3 Å². The summed E-state index contributed by atoms with van der Waals surface area (Å²) in [7, 11) is 3.06. The van der Waals surface area contributed by atoms with Gasteiger partial charge in [0.25, 0.3) is 5.91 Å². The van der Waals surface area contributed by atoms with Crippen LogP contribution < -0.4 is 25.0 Å². The zero-order valence-electron chi connectivity index (χ0n) is 21.8. The molecule has 0 unspecified atom stereocenters. The summed E-state index contributed by atoms with van der Waals surface area (Å²) in [6.45, 7) is 3.86. The van der Waals surface area contributed by atoms with Crippen molar-refractivity contribution in [3.05, 3.63) is 80.0 Å². The number of fused-ring (bicyclic) bond motifs is 1. The minimum atomic E-state index is -0.394. The number of benzene rings is 1. The van der Waals surface area contributed by atoms with Crippen LogP contribution >= 0.6 is 22.9 Å². The van der Waals surface area contributed by atoms with Crippen molar-refractivity contribution in [3.8, 4) is 11.6 Å². The Morgan fingerprint density at radius 2 is 2.00 bits per heavy atom. The van der Waals surface area contributed by atoms with Gasteiger partial charge < -0.3 is 25.0 Å². The number of methoxy groups -OCH3 is 2. The molecule has 4 aromatic rings. The highest BCUT2D eigenvalue weighted by Crippen LogP contribution is 2.31. The van der Waals surface area contributed by atoms with Crippen molar-refractivity contribution in [2.75, 3.05) is 31.0 Å². The SMILES string of the molecule is COc1ccc(CNc2nc(N3CCc4sccc4C3)nc(OC)c2C(=O)NCc2cnc(C)cn2)cc1Cl. The van der Waals surface area contributed by atoms with E-state index < -0.39 is 5.91 Å². The lowest BCUT2D eigenvalue weighted by Gasteiger charge is -2.28. The molecule has 4 heterocycles. The molecule has 10 nitrogen and oxygen atoms in total. The maximum Gasteiger partial charge on any atom is 0.260 e. The molecule has 12 heteroatoms. The van der Waals surface area contributed by atoms with Gasteiger partial charge in [-0.3, -0.25) is 14.8 Å². The van der Waals surface area contributed by atoms with Gasteiger partial charge >= 0.3 is 0 Å². The molecule has 0 fully saturated rings. The van der Waals surface area contributed by atoms with E-state index in [0.717, 1.165) is 24.2 Å². The second-order valence-corrected chi connectivity index (χ2v) is 10.4. The van der Waals surface area contributed by atoms with E-state index in [1.165, 1.54) is 17.6 Å². The highest BCUT2D eigenvalue weighted by Gasteiger charge is 2.26. The van der Waals surface area contributed by atoms with E-state index in [1.54, 1.807) is 36.9 Å². The molecule has 5 rings (SSSR count). The summed E-state index contributed by atoms with van der Waals surface area (Å²) in [4.78, 5) is 34.9. The third-order valence-corrected chi connectivity index (χ3v) is 7.63. The van der Waals surface area contributed by atoms with Crippen LogP contribution in [0.2, 0.25) is 5.02 Å². The summed E-state index contributed by atoms with van der Waals surface area (Å²) < 4.78 is 10.9. The zero-order chi connectivity index (χ0) is 27.4. The summed E-state index contributed by atoms with van der Waals surface area (Å²) in [6, 6.07) is 7.64. The molecule has 2 N–H and O–H groups in total. The fraction of sp³-hybridized carbons (Fsp3) is 0.296. The van der Waals surface area contributed by atoms with Crippen molar-refractivity contribution < 1.29 is 14.3 Å². The van der Waals surface area contributed by atoms with Crippen LogP contribution in [0.5, 0.6) is 11.6 Å². The number of carbonyl (C=O) groups excluding carboxylic acids is 1. The Morgan fingerprint density at radius 1 is 1.13 bits per heavy atom. The van der Waals surface area contributed by atoms with Gasteiger partial charge in [0, 0.05) is 30.7 Å². The summed E-state index contributed by atoms with van der Waals surface area (Å²) >= 11 is 8.10. The number of nitrogens with zero attached hydrogens (tertiary/aromatic N) is 5. The fourth-order valence-electron chi connectivity index (χ4n) is 4.25. The number of halogens is 1. The van der Waals surface area contributed by atoms with E-state index in [-0.39, 0.29) is 18.0 Å². The first-order chi connectivity index (χ1) is 18.9. The molecule has 1 aliphatic heterocycles. The predicted molar refractivity (Wildman–Crippen MR) is 151 cm³/mol. The first kappa shape index (κ1) is 26.6. The summed E-state index contributed by atoms with van der Waals surface area (Å²) in [5, 5.41) is 8.80. The topological polar surface area (TPSA) is 114 Å². The van der Waals surface area contributed by atoms with E-state index in [4.69, 9.17) is 26.1 Å².